The van der Waals surface area contributed by atoms with Crippen LogP contribution in [0.4, 0.5) is 0 Å². The first kappa shape index (κ1) is 16.7. The minimum absolute atomic E-state index is 0. The van der Waals surface area contributed by atoms with E-state index in [1.54, 1.807) is 0 Å². The lowest BCUT2D eigenvalue weighted by atomic mass is 11.9. The van der Waals surface area contributed by atoms with Crippen LogP contribution in [0.25, 0.3) is 0 Å². The Morgan fingerprint density at radius 1 is 1.20 bits per heavy atom. The standard InChI is InChI=1S/C2H8Si.BrH.ClH/c1-3-2;;/h3H2,1-2H3;2*1H. The van der Waals surface area contributed by atoms with Gasteiger partial charge in [-0.15, -0.1) is 29.4 Å². The SMILES string of the molecule is Br.C[SiH2]C.Cl. The fourth-order valence-corrected chi connectivity index (χ4v) is 0. The monoisotopic (exact) mass is 176 g/mol. The summed E-state index contributed by atoms with van der Waals surface area (Å²) in [7, 11) is 0.417. The highest BCUT2D eigenvalue weighted by Crippen LogP contribution is 1.36. The Kier molecular flexibility index (Phi) is 67.0. The first-order chi connectivity index (χ1) is 1.41. The van der Waals surface area contributed by atoms with Crippen molar-refractivity contribution in [3.8, 4) is 0 Å². The van der Waals surface area contributed by atoms with Crippen molar-refractivity contribution in [1.29, 1.82) is 0 Å². The van der Waals surface area contributed by atoms with E-state index in [4.69, 9.17) is 0 Å². The predicted octanol–water partition coefficient (Wildman–Crippen LogP) is 1.25. The maximum Gasteiger partial charge on any atom is 0.0135 e. The molecule has 0 saturated carbocycles. The molecule has 3 heteroatoms. The van der Waals surface area contributed by atoms with Crippen LogP contribution < -0.4 is 0 Å². The first-order valence-corrected chi connectivity index (χ1v) is 4.24. The van der Waals surface area contributed by atoms with Crippen molar-refractivity contribution < 1.29 is 0 Å². The Bertz CT molecular complexity index is 9.61. The summed E-state index contributed by atoms with van der Waals surface area (Å²) in [6.45, 7) is 4.53. The maximum absolute atomic E-state index is 2.26. The summed E-state index contributed by atoms with van der Waals surface area (Å²) in [6, 6.07) is 0. The van der Waals surface area contributed by atoms with Crippen molar-refractivity contribution in [2.24, 2.45) is 0 Å². The van der Waals surface area contributed by atoms with E-state index in [2.05, 4.69) is 13.1 Å². The van der Waals surface area contributed by atoms with Crippen LogP contribution >= 0.6 is 29.4 Å². The van der Waals surface area contributed by atoms with E-state index in [0.29, 0.717) is 9.52 Å². The molecule has 0 rings (SSSR count). The molecule has 0 heterocycles. The van der Waals surface area contributed by atoms with E-state index in [1.165, 1.54) is 0 Å². The summed E-state index contributed by atoms with van der Waals surface area (Å²) in [6.07, 6.45) is 0. The smallest absolute Gasteiger partial charge is 0.0135 e. The molecule has 0 aromatic carbocycles. The van der Waals surface area contributed by atoms with E-state index >= 15 is 0 Å². The molecule has 0 unspecified atom stereocenters. The van der Waals surface area contributed by atoms with Gasteiger partial charge in [0.1, 0.15) is 0 Å². The van der Waals surface area contributed by atoms with Gasteiger partial charge in [-0.3, -0.25) is 0 Å². The van der Waals surface area contributed by atoms with Crippen LogP contribution in [-0.4, -0.2) is 9.52 Å². The summed E-state index contributed by atoms with van der Waals surface area (Å²) in [4.78, 5) is 0. The number of hydrogen-bond acceptors (Lipinski definition) is 0. The zero-order chi connectivity index (χ0) is 2.71. The Morgan fingerprint density at radius 2 is 1.20 bits per heavy atom. The van der Waals surface area contributed by atoms with Gasteiger partial charge in [-0.05, 0) is 0 Å². The molecule has 5 heavy (non-hydrogen) atoms. The Morgan fingerprint density at radius 3 is 1.20 bits per heavy atom. The second-order valence-corrected chi connectivity index (χ2v) is 2.12. The van der Waals surface area contributed by atoms with Crippen LogP contribution in [0, 0.1) is 0 Å². The first-order valence-electron chi connectivity index (χ1n) is 1.41. The Labute approximate surface area is 52.3 Å². The Hall–Kier alpha value is 0.987. The van der Waals surface area contributed by atoms with E-state index in [0.717, 1.165) is 0 Å². The molecule has 0 aromatic heterocycles. The van der Waals surface area contributed by atoms with Gasteiger partial charge >= 0.3 is 0 Å². The van der Waals surface area contributed by atoms with Gasteiger partial charge in [0.15, 0.2) is 0 Å². The van der Waals surface area contributed by atoms with E-state index in [1.807, 2.05) is 0 Å². The molecular weight excluding hydrogens is 167 g/mol. The fourth-order valence-electron chi connectivity index (χ4n) is 0. The second-order valence-electron chi connectivity index (χ2n) is 0.707. The predicted molar refractivity (Wildman–Crippen MR) is 37.8 cm³/mol. The molecule has 0 aromatic rings. The second kappa shape index (κ2) is 20.1. The third kappa shape index (κ3) is 45.7. The quantitative estimate of drug-likeness (QED) is 0.489. The maximum atomic E-state index is 2.26. The normalized spacial score (nSPS) is 3.60. The van der Waals surface area contributed by atoms with Gasteiger partial charge in [0, 0.05) is 9.52 Å². The van der Waals surface area contributed by atoms with Crippen molar-refractivity contribution >= 4 is 38.9 Å². The van der Waals surface area contributed by atoms with Crippen LogP contribution in [0.1, 0.15) is 0 Å². The zero-order valence-corrected chi connectivity index (χ0v) is 7.47. The molecule has 0 atom stereocenters. The summed E-state index contributed by atoms with van der Waals surface area (Å²) in [5.41, 5.74) is 0. The van der Waals surface area contributed by atoms with Gasteiger partial charge in [-0.1, -0.05) is 13.1 Å². The zero-order valence-electron chi connectivity index (χ0n) is 3.52. The molecule has 0 spiro atoms. The largest absolute Gasteiger partial charge is 0.147 e. The van der Waals surface area contributed by atoms with E-state index in [-0.39, 0.29) is 29.4 Å². The average molecular weight is 178 g/mol. The topological polar surface area (TPSA) is 0 Å². The highest BCUT2D eigenvalue weighted by molar-refractivity contribution is 8.93. The van der Waals surface area contributed by atoms with Crippen molar-refractivity contribution in [3.63, 3.8) is 0 Å². The lowest BCUT2D eigenvalue weighted by Crippen LogP contribution is -1.53. The molecule has 0 aliphatic heterocycles. The third-order valence-electron chi connectivity index (χ3n) is 0. The molecular formula is C2H10BrClSi. The highest BCUT2D eigenvalue weighted by atomic mass is 79.9. The van der Waals surface area contributed by atoms with Gasteiger partial charge < -0.3 is 0 Å². The van der Waals surface area contributed by atoms with Crippen molar-refractivity contribution in [1.82, 2.24) is 0 Å². The minimum atomic E-state index is 0. The molecule has 0 fully saturated rings. The molecule has 0 amide bonds. The third-order valence-corrected chi connectivity index (χ3v) is 0. The van der Waals surface area contributed by atoms with Crippen LogP contribution in [0.2, 0.25) is 13.1 Å². The van der Waals surface area contributed by atoms with Crippen molar-refractivity contribution in [2.45, 2.75) is 13.1 Å². The summed E-state index contributed by atoms with van der Waals surface area (Å²) in [5, 5.41) is 0. The summed E-state index contributed by atoms with van der Waals surface area (Å²) >= 11 is 0. The number of hydrogen-bond donors (Lipinski definition) is 0. The van der Waals surface area contributed by atoms with Crippen LogP contribution in [0.15, 0.2) is 0 Å². The number of halogens is 2. The lowest BCUT2D eigenvalue weighted by molar-refractivity contribution is 2.14. The molecule has 0 nitrogen and oxygen atoms in total. The van der Waals surface area contributed by atoms with E-state index in [9.17, 15) is 0 Å². The lowest BCUT2D eigenvalue weighted by Gasteiger charge is -1.45. The van der Waals surface area contributed by atoms with Gasteiger partial charge in [0.25, 0.3) is 0 Å². The van der Waals surface area contributed by atoms with Crippen LogP contribution in [0.3, 0.4) is 0 Å². The van der Waals surface area contributed by atoms with Crippen molar-refractivity contribution in [3.05, 3.63) is 0 Å². The molecule has 0 radical (unpaired) electrons. The molecule has 0 N–H and O–H groups in total. The number of rotatable bonds is 0. The molecule has 0 aliphatic carbocycles. The minimum Gasteiger partial charge on any atom is -0.147 e. The summed E-state index contributed by atoms with van der Waals surface area (Å²) < 4.78 is 0. The van der Waals surface area contributed by atoms with Gasteiger partial charge in [-0.25, -0.2) is 0 Å². The highest BCUT2D eigenvalue weighted by Gasteiger charge is 1.38. The van der Waals surface area contributed by atoms with Crippen molar-refractivity contribution in [2.75, 3.05) is 0 Å². The van der Waals surface area contributed by atoms with Gasteiger partial charge in [0.05, 0.1) is 0 Å². The molecule has 0 bridgehead atoms. The average Bonchev–Trinajstić information content (AvgIpc) is 0.918. The van der Waals surface area contributed by atoms with Crippen LogP contribution in [-0.2, 0) is 0 Å². The summed E-state index contributed by atoms with van der Waals surface area (Å²) in [5.74, 6) is 0. The molecule has 36 valence electrons. The molecule has 0 saturated heterocycles. The van der Waals surface area contributed by atoms with E-state index < -0.39 is 0 Å². The molecule has 0 aliphatic rings. The van der Waals surface area contributed by atoms with Crippen LogP contribution in [0.5, 0.6) is 0 Å². The van der Waals surface area contributed by atoms with Gasteiger partial charge in [-0.2, -0.15) is 0 Å². The van der Waals surface area contributed by atoms with Gasteiger partial charge in [0.2, 0.25) is 0 Å². The fraction of sp³-hybridized carbons (Fsp3) is 1.00. The Balaban J connectivity index is -0.0000000200.